The van der Waals surface area contributed by atoms with Crippen molar-refractivity contribution in [2.45, 2.75) is 18.9 Å². The highest BCUT2D eigenvalue weighted by Gasteiger charge is 2.29. The van der Waals surface area contributed by atoms with E-state index in [1.165, 1.54) is 6.07 Å². The molecule has 1 aliphatic heterocycles. The van der Waals surface area contributed by atoms with E-state index in [4.69, 9.17) is 4.74 Å². The van der Waals surface area contributed by atoms with Crippen LogP contribution in [0.4, 0.5) is 5.69 Å². The third kappa shape index (κ3) is 3.69. The number of rotatable bonds is 6. The van der Waals surface area contributed by atoms with Gasteiger partial charge in [-0.3, -0.25) is 19.8 Å². The number of hydrogen-bond donors (Lipinski definition) is 1. The van der Waals surface area contributed by atoms with Gasteiger partial charge in [0.2, 0.25) is 5.91 Å². The molecule has 114 valence electrons. The average Bonchev–Trinajstić information content (AvgIpc) is 2.95. The van der Waals surface area contributed by atoms with Gasteiger partial charge < -0.3 is 10.1 Å². The monoisotopic (exact) mass is 293 g/mol. The van der Waals surface area contributed by atoms with Gasteiger partial charge in [0.15, 0.2) is 5.75 Å². The molecule has 0 aliphatic carbocycles. The van der Waals surface area contributed by atoms with Crippen molar-refractivity contribution in [1.29, 1.82) is 0 Å². The minimum absolute atomic E-state index is 0.0122. The van der Waals surface area contributed by atoms with E-state index in [9.17, 15) is 14.9 Å². The Labute approximate surface area is 123 Å². The molecule has 1 fully saturated rings. The fourth-order valence-electron chi connectivity index (χ4n) is 2.56. The molecule has 1 atom stereocenters. The zero-order chi connectivity index (χ0) is 15.2. The van der Waals surface area contributed by atoms with Crippen molar-refractivity contribution in [2.75, 3.05) is 26.7 Å². The van der Waals surface area contributed by atoms with Crippen LogP contribution in [-0.4, -0.2) is 48.5 Å². The zero-order valence-corrected chi connectivity index (χ0v) is 11.9. The number of carbonyl (C=O) groups is 1. The predicted molar refractivity (Wildman–Crippen MR) is 77.3 cm³/mol. The summed E-state index contributed by atoms with van der Waals surface area (Å²) in [5.41, 5.74) is -0.0400. The minimum Gasteiger partial charge on any atom is -0.485 e. The van der Waals surface area contributed by atoms with Gasteiger partial charge in [-0.2, -0.15) is 0 Å². The van der Waals surface area contributed by atoms with E-state index in [1.807, 2.05) is 4.90 Å². The maximum atomic E-state index is 11.7. The Hall–Kier alpha value is -2.15. The Morgan fingerprint density at radius 1 is 1.52 bits per heavy atom. The van der Waals surface area contributed by atoms with Crippen LogP contribution in [0.2, 0.25) is 0 Å². The molecule has 21 heavy (non-hydrogen) atoms. The van der Waals surface area contributed by atoms with Gasteiger partial charge in [0.1, 0.15) is 6.61 Å². The lowest BCUT2D eigenvalue weighted by atomic mass is 10.2. The second kappa shape index (κ2) is 7.03. The number of nitrogens with one attached hydrogen (secondary N) is 1. The van der Waals surface area contributed by atoms with Gasteiger partial charge in [-0.25, -0.2) is 0 Å². The number of carbonyl (C=O) groups excluding carboxylic acids is 1. The molecule has 7 heteroatoms. The van der Waals surface area contributed by atoms with Crippen molar-refractivity contribution in [1.82, 2.24) is 10.2 Å². The molecule has 1 heterocycles. The fourth-order valence-corrected chi connectivity index (χ4v) is 2.56. The molecule has 1 aromatic carbocycles. The first-order valence-corrected chi connectivity index (χ1v) is 6.95. The van der Waals surface area contributed by atoms with Gasteiger partial charge in [-0.05, 0) is 25.5 Å². The van der Waals surface area contributed by atoms with E-state index in [-0.39, 0.29) is 23.4 Å². The fraction of sp³-hybridized carbons (Fsp3) is 0.500. The molecule has 1 aromatic rings. The van der Waals surface area contributed by atoms with Crippen LogP contribution in [0, 0.1) is 10.1 Å². The summed E-state index contributed by atoms with van der Waals surface area (Å²) in [5, 5.41) is 13.5. The van der Waals surface area contributed by atoms with Crippen LogP contribution in [0.15, 0.2) is 24.3 Å². The molecule has 0 aromatic heterocycles. The topological polar surface area (TPSA) is 84.7 Å². The van der Waals surface area contributed by atoms with Crippen LogP contribution < -0.4 is 10.1 Å². The number of likely N-dealkylation sites (tertiary alicyclic amines) is 1. The van der Waals surface area contributed by atoms with Crippen molar-refractivity contribution in [3.05, 3.63) is 34.4 Å². The van der Waals surface area contributed by atoms with Crippen LogP contribution in [0.1, 0.15) is 12.8 Å². The molecule has 0 unspecified atom stereocenters. The summed E-state index contributed by atoms with van der Waals surface area (Å²) in [6.45, 7) is 1.74. The van der Waals surface area contributed by atoms with Crippen molar-refractivity contribution >= 4 is 11.6 Å². The number of para-hydroxylation sites is 2. The normalized spacial score (nSPS) is 18.4. The third-order valence-corrected chi connectivity index (χ3v) is 3.61. The number of nitrogens with zero attached hydrogens (tertiary/aromatic N) is 2. The molecule has 7 nitrogen and oxygen atoms in total. The Morgan fingerprint density at radius 2 is 2.29 bits per heavy atom. The number of benzene rings is 1. The maximum Gasteiger partial charge on any atom is 0.310 e. The molecule has 2 rings (SSSR count). The highest BCUT2D eigenvalue weighted by Crippen LogP contribution is 2.26. The minimum atomic E-state index is -0.460. The van der Waals surface area contributed by atoms with E-state index in [2.05, 4.69) is 5.32 Å². The lowest BCUT2D eigenvalue weighted by molar-refractivity contribution is -0.385. The quantitative estimate of drug-likeness (QED) is 0.629. The van der Waals surface area contributed by atoms with Gasteiger partial charge in [0.25, 0.3) is 0 Å². The number of ether oxygens (including phenoxy) is 1. The van der Waals surface area contributed by atoms with E-state index in [1.54, 1.807) is 25.2 Å². The van der Waals surface area contributed by atoms with Gasteiger partial charge >= 0.3 is 5.69 Å². The lowest BCUT2D eigenvalue weighted by Crippen LogP contribution is -2.43. The van der Waals surface area contributed by atoms with Crippen LogP contribution in [0.25, 0.3) is 0 Å². The molecule has 1 aliphatic rings. The second-order valence-electron chi connectivity index (χ2n) is 4.88. The molecule has 0 radical (unpaired) electrons. The summed E-state index contributed by atoms with van der Waals surface area (Å²) >= 11 is 0. The van der Waals surface area contributed by atoms with E-state index in [0.717, 1.165) is 19.4 Å². The first kappa shape index (κ1) is 15.2. The molecule has 0 saturated carbocycles. The summed E-state index contributed by atoms with van der Waals surface area (Å²) in [6.07, 6.45) is 1.81. The maximum absolute atomic E-state index is 11.7. The van der Waals surface area contributed by atoms with E-state index < -0.39 is 4.92 Å². The van der Waals surface area contributed by atoms with Crippen LogP contribution in [-0.2, 0) is 4.79 Å². The molecule has 1 amide bonds. The van der Waals surface area contributed by atoms with E-state index in [0.29, 0.717) is 13.2 Å². The standard InChI is InChI=1S/C14H19N3O4/c1-15-14(18)12-6-4-8-16(12)9-10-21-13-7-3-2-5-11(13)17(19)20/h2-3,5,7,12H,4,6,8-10H2,1H3,(H,15,18)/t12-/m1/s1. The van der Waals surface area contributed by atoms with Gasteiger partial charge in [-0.15, -0.1) is 0 Å². The number of likely N-dealkylation sites (N-methyl/N-ethyl adjacent to an activating group) is 1. The molecular formula is C14H19N3O4. The zero-order valence-electron chi connectivity index (χ0n) is 11.9. The van der Waals surface area contributed by atoms with Gasteiger partial charge in [0.05, 0.1) is 11.0 Å². The third-order valence-electron chi connectivity index (χ3n) is 3.61. The van der Waals surface area contributed by atoms with Crippen LogP contribution in [0.5, 0.6) is 5.75 Å². The molecule has 1 saturated heterocycles. The number of nitro benzene ring substituents is 1. The van der Waals surface area contributed by atoms with Crippen LogP contribution in [0.3, 0.4) is 0 Å². The highest BCUT2D eigenvalue weighted by molar-refractivity contribution is 5.81. The Morgan fingerprint density at radius 3 is 3.00 bits per heavy atom. The van der Waals surface area contributed by atoms with Crippen molar-refractivity contribution in [3.63, 3.8) is 0 Å². The SMILES string of the molecule is CNC(=O)[C@H]1CCCN1CCOc1ccccc1[N+](=O)[O-]. The van der Waals surface area contributed by atoms with Gasteiger partial charge in [-0.1, -0.05) is 12.1 Å². The summed E-state index contributed by atoms with van der Waals surface area (Å²) in [5.74, 6) is 0.274. The van der Waals surface area contributed by atoms with E-state index >= 15 is 0 Å². The largest absolute Gasteiger partial charge is 0.485 e. The number of nitro groups is 1. The van der Waals surface area contributed by atoms with Gasteiger partial charge in [0, 0.05) is 19.7 Å². The average molecular weight is 293 g/mol. The molecular weight excluding hydrogens is 274 g/mol. The summed E-state index contributed by atoms with van der Waals surface area (Å²) in [7, 11) is 1.63. The number of amides is 1. The summed E-state index contributed by atoms with van der Waals surface area (Å²) in [4.78, 5) is 24.2. The first-order chi connectivity index (χ1) is 10.1. The Bertz CT molecular complexity index is 521. The molecule has 1 N–H and O–H groups in total. The predicted octanol–water partition coefficient (Wildman–Crippen LogP) is 1.18. The van der Waals surface area contributed by atoms with Crippen molar-refractivity contribution < 1.29 is 14.5 Å². The van der Waals surface area contributed by atoms with Crippen molar-refractivity contribution in [3.8, 4) is 5.75 Å². The highest BCUT2D eigenvalue weighted by atomic mass is 16.6. The summed E-state index contributed by atoms with van der Waals surface area (Å²) < 4.78 is 5.51. The Balaban J connectivity index is 1.90. The second-order valence-corrected chi connectivity index (χ2v) is 4.88. The molecule has 0 bridgehead atoms. The first-order valence-electron chi connectivity index (χ1n) is 6.95. The Kier molecular flexibility index (Phi) is 5.10. The number of hydrogen-bond acceptors (Lipinski definition) is 5. The smallest absolute Gasteiger partial charge is 0.310 e. The van der Waals surface area contributed by atoms with Crippen LogP contribution >= 0.6 is 0 Å². The lowest BCUT2D eigenvalue weighted by Gasteiger charge is -2.22. The van der Waals surface area contributed by atoms with Crippen molar-refractivity contribution in [2.24, 2.45) is 0 Å². The summed E-state index contributed by atoms with van der Waals surface area (Å²) in [6, 6.07) is 6.18. The molecule has 0 spiro atoms.